The van der Waals surface area contributed by atoms with E-state index in [9.17, 15) is 4.79 Å². The van der Waals surface area contributed by atoms with Gasteiger partial charge >= 0.3 is 0 Å². The molecule has 2 aliphatic heterocycles. The Balaban J connectivity index is 1.44. The summed E-state index contributed by atoms with van der Waals surface area (Å²) in [6, 6.07) is 12.5. The molecule has 0 unspecified atom stereocenters. The van der Waals surface area contributed by atoms with E-state index < -0.39 is 0 Å². The number of halogens is 1. The highest BCUT2D eigenvalue weighted by atomic mass is 35.5. The first kappa shape index (κ1) is 17.5. The minimum Gasteiger partial charge on any atom is -0.338 e. The normalized spacial score (nSPS) is 22.7. The largest absolute Gasteiger partial charge is 0.338 e. The van der Waals surface area contributed by atoms with Crippen LogP contribution < -0.4 is 0 Å². The molecule has 3 heterocycles. The smallest absolute Gasteiger partial charge is 0.255 e. The molecule has 2 saturated heterocycles. The van der Waals surface area contributed by atoms with E-state index in [1.807, 2.05) is 4.90 Å². The van der Waals surface area contributed by atoms with E-state index in [1.54, 1.807) is 18.5 Å². The number of likely N-dealkylation sites (tertiary alicyclic amines) is 2. The van der Waals surface area contributed by atoms with Crippen molar-refractivity contribution in [1.82, 2.24) is 14.8 Å². The van der Waals surface area contributed by atoms with Gasteiger partial charge in [0.15, 0.2) is 0 Å². The summed E-state index contributed by atoms with van der Waals surface area (Å²) >= 11 is 5.98. The Kier molecular flexibility index (Phi) is 4.72. The molecule has 136 valence electrons. The van der Waals surface area contributed by atoms with Gasteiger partial charge in [0.1, 0.15) is 0 Å². The monoisotopic (exact) mass is 369 g/mol. The quantitative estimate of drug-likeness (QED) is 0.807. The zero-order valence-corrected chi connectivity index (χ0v) is 15.8. The van der Waals surface area contributed by atoms with Crippen LogP contribution in [0.2, 0.25) is 5.02 Å². The lowest BCUT2D eigenvalue weighted by Crippen LogP contribution is -2.52. The number of rotatable bonds is 2. The molecule has 0 radical (unpaired) electrons. The molecule has 0 aliphatic carbocycles. The van der Waals surface area contributed by atoms with Gasteiger partial charge in [0, 0.05) is 37.6 Å². The number of benzene rings is 1. The molecule has 2 fully saturated rings. The maximum absolute atomic E-state index is 12.7. The van der Waals surface area contributed by atoms with Crippen molar-refractivity contribution in [2.24, 2.45) is 0 Å². The molecule has 5 heteroatoms. The van der Waals surface area contributed by atoms with Crippen LogP contribution in [0.5, 0.6) is 0 Å². The van der Waals surface area contributed by atoms with Crippen LogP contribution in [0.3, 0.4) is 0 Å². The molecule has 4 nitrogen and oxygen atoms in total. The van der Waals surface area contributed by atoms with Crippen LogP contribution in [0.1, 0.15) is 41.1 Å². The number of hydrogen-bond acceptors (Lipinski definition) is 3. The number of pyridine rings is 1. The van der Waals surface area contributed by atoms with Crippen LogP contribution in [0.25, 0.3) is 0 Å². The lowest BCUT2D eigenvalue weighted by molar-refractivity contribution is 0.0492. The van der Waals surface area contributed by atoms with E-state index in [0.29, 0.717) is 16.5 Å². The van der Waals surface area contributed by atoms with E-state index in [-0.39, 0.29) is 11.4 Å². The molecule has 26 heavy (non-hydrogen) atoms. The molecule has 0 bridgehead atoms. The van der Waals surface area contributed by atoms with Gasteiger partial charge in [-0.15, -0.1) is 0 Å². The van der Waals surface area contributed by atoms with Gasteiger partial charge in [0.05, 0.1) is 10.6 Å². The summed E-state index contributed by atoms with van der Waals surface area (Å²) in [5, 5.41) is 0.505. The van der Waals surface area contributed by atoms with Gasteiger partial charge in [-0.1, -0.05) is 41.9 Å². The van der Waals surface area contributed by atoms with Gasteiger partial charge in [0.25, 0.3) is 5.91 Å². The molecular weight excluding hydrogens is 346 g/mol. The fourth-order valence-corrected chi connectivity index (χ4v) is 4.75. The zero-order chi connectivity index (χ0) is 18.1. The van der Waals surface area contributed by atoms with Crippen LogP contribution in [0.4, 0.5) is 0 Å². The van der Waals surface area contributed by atoms with Gasteiger partial charge in [-0.2, -0.15) is 0 Å². The third-order valence-electron chi connectivity index (χ3n) is 6.13. The van der Waals surface area contributed by atoms with Gasteiger partial charge in [0.2, 0.25) is 0 Å². The summed E-state index contributed by atoms with van der Waals surface area (Å²) in [5.74, 6) is 0.621. The summed E-state index contributed by atoms with van der Waals surface area (Å²) in [5.41, 5.74) is 2.22. The molecule has 2 aromatic rings. The summed E-state index contributed by atoms with van der Waals surface area (Å²) in [6.07, 6.45) is 6.37. The van der Waals surface area contributed by atoms with E-state index in [2.05, 4.69) is 47.3 Å². The van der Waals surface area contributed by atoms with Gasteiger partial charge in [-0.3, -0.25) is 14.7 Å². The minimum absolute atomic E-state index is 0.0371. The highest BCUT2D eigenvalue weighted by Gasteiger charge is 2.46. The second-order valence-electron chi connectivity index (χ2n) is 7.60. The SMILES string of the molecule is CN1C[C@@H](c2ccccc2)CC12CCN(C(=O)c1cncc(Cl)c1)CC2. The number of hydrogen-bond donors (Lipinski definition) is 0. The standard InChI is InChI=1S/C21H24ClN3O/c1-24-15-18(16-5-3-2-4-6-16)12-21(24)7-9-25(10-8-21)20(26)17-11-19(22)14-23-13-17/h2-6,11,13-14,18H,7-10,12,15H2,1H3/t18-/m0/s1. The number of amides is 1. The van der Waals surface area contributed by atoms with Crippen molar-refractivity contribution >= 4 is 17.5 Å². The average Bonchev–Trinajstić information content (AvgIpc) is 2.99. The molecule has 2 aliphatic rings. The highest BCUT2D eigenvalue weighted by molar-refractivity contribution is 6.30. The van der Waals surface area contributed by atoms with Gasteiger partial charge in [-0.05, 0) is 43.9 Å². The van der Waals surface area contributed by atoms with Crippen molar-refractivity contribution in [3.8, 4) is 0 Å². The highest BCUT2D eigenvalue weighted by Crippen LogP contribution is 2.44. The molecule has 1 amide bonds. The Labute approximate surface area is 159 Å². The van der Waals surface area contributed by atoms with E-state index >= 15 is 0 Å². The third kappa shape index (κ3) is 3.24. The number of likely N-dealkylation sites (N-methyl/N-ethyl adjacent to an activating group) is 1. The molecule has 1 aromatic carbocycles. The Morgan fingerprint density at radius 3 is 2.62 bits per heavy atom. The molecule has 1 spiro atoms. The number of carbonyl (C=O) groups is 1. The van der Waals surface area contributed by atoms with Crippen LogP contribution >= 0.6 is 11.6 Å². The van der Waals surface area contributed by atoms with Gasteiger partial charge in [-0.25, -0.2) is 0 Å². The fourth-order valence-electron chi connectivity index (χ4n) is 4.58. The Bertz CT molecular complexity index is 787. The second-order valence-corrected chi connectivity index (χ2v) is 8.04. The molecule has 0 N–H and O–H groups in total. The summed E-state index contributed by atoms with van der Waals surface area (Å²) in [7, 11) is 2.24. The zero-order valence-electron chi connectivity index (χ0n) is 15.1. The number of aromatic nitrogens is 1. The van der Waals surface area contributed by atoms with Crippen molar-refractivity contribution in [3.63, 3.8) is 0 Å². The molecule has 4 rings (SSSR count). The van der Waals surface area contributed by atoms with Gasteiger partial charge < -0.3 is 4.90 Å². The molecular formula is C21H24ClN3O. The van der Waals surface area contributed by atoms with Crippen LogP contribution in [-0.2, 0) is 0 Å². The molecule has 1 aromatic heterocycles. The average molecular weight is 370 g/mol. The Morgan fingerprint density at radius 2 is 1.92 bits per heavy atom. The number of carbonyl (C=O) groups excluding carboxylic acids is 1. The van der Waals surface area contributed by atoms with E-state index in [1.165, 1.54) is 12.0 Å². The first-order valence-corrected chi connectivity index (χ1v) is 9.61. The lowest BCUT2D eigenvalue weighted by Gasteiger charge is -2.43. The van der Waals surface area contributed by atoms with Crippen molar-refractivity contribution in [2.45, 2.75) is 30.7 Å². The lowest BCUT2D eigenvalue weighted by atomic mass is 9.81. The fraction of sp³-hybridized carbons (Fsp3) is 0.429. The molecule has 0 saturated carbocycles. The van der Waals surface area contributed by atoms with Crippen molar-refractivity contribution in [1.29, 1.82) is 0 Å². The van der Waals surface area contributed by atoms with Crippen molar-refractivity contribution in [3.05, 3.63) is 64.9 Å². The second kappa shape index (κ2) is 7.01. The topological polar surface area (TPSA) is 36.4 Å². The number of piperidine rings is 1. The van der Waals surface area contributed by atoms with E-state index in [0.717, 1.165) is 32.5 Å². The maximum Gasteiger partial charge on any atom is 0.255 e. The number of nitrogens with zero attached hydrogens (tertiary/aromatic N) is 3. The summed E-state index contributed by atoms with van der Waals surface area (Å²) in [4.78, 5) is 21.2. The maximum atomic E-state index is 12.7. The summed E-state index contributed by atoms with van der Waals surface area (Å²) in [6.45, 7) is 2.67. The molecule has 1 atom stereocenters. The first-order chi connectivity index (χ1) is 12.6. The Morgan fingerprint density at radius 1 is 1.19 bits per heavy atom. The van der Waals surface area contributed by atoms with Crippen molar-refractivity contribution < 1.29 is 4.79 Å². The van der Waals surface area contributed by atoms with Crippen molar-refractivity contribution in [2.75, 3.05) is 26.7 Å². The Hall–Kier alpha value is -1.91. The van der Waals surface area contributed by atoms with Crippen LogP contribution in [-0.4, -0.2) is 52.9 Å². The van der Waals surface area contributed by atoms with Crippen LogP contribution in [0, 0.1) is 0 Å². The predicted octanol–water partition coefficient (Wildman–Crippen LogP) is 3.83. The third-order valence-corrected chi connectivity index (χ3v) is 6.34. The summed E-state index contributed by atoms with van der Waals surface area (Å²) < 4.78 is 0. The predicted molar refractivity (Wildman–Crippen MR) is 104 cm³/mol. The first-order valence-electron chi connectivity index (χ1n) is 9.23. The van der Waals surface area contributed by atoms with E-state index in [4.69, 9.17) is 11.6 Å². The minimum atomic E-state index is 0.0371. The van der Waals surface area contributed by atoms with Crippen LogP contribution in [0.15, 0.2) is 48.8 Å².